The first kappa shape index (κ1) is 18.4. The molecule has 0 aliphatic carbocycles. The lowest BCUT2D eigenvalue weighted by molar-refractivity contribution is -0.117. The second-order valence-electron chi connectivity index (χ2n) is 6.25. The van der Waals surface area contributed by atoms with Gasteiger partial charge >= 0.3 is 0 Å². The topological polar surface area (TPSA) is 41.6 Å². The van der Waals surface area contributed by atoms with Crippen molar-refractivity contribution in [2.24, 2.45) is 0 Å². The molecule has 0 aliphatic rings. The molecule has 26 heavy (non-hydrogen) atoms. The molecule has 0 aliphatic heterocycles. The van der Waals surface area contributed by atoms with Crippen molar-refractivity contribution in [2.75, 3.05) is 26.0 Å². The number of anilines is 1. The molecule has 1 N–H and O–H groups in total. The van der Waals surface area contributed by atoms with Gasteiger partial charge in [0.05, 0.1) is 19.3 Å². The number of benzene rings is 3. The molecule has 0 saturated heterocycles. The number of nitrogens with zero attached hydrogens (tertiary/aromatic N) is 1. The van der Waals surface area contributed by atoms with Crippen molar-refractivity contribution in [1.82, 2.24) is 4.90 Å². The van der Waals surface area contributed by atoms with Gasteiger partial charge in [-0.25, -0.2) is 0 Å². The van der Waals surface area contributed by atoms with Gasteiger partial charge in [0, 0.05) is 11.0 Å². The number of amides is 1. The van der Waals surface area contributed by atoms with Gasteiger partial charge in [0.2, 0.25) is 5.91 Å². The van der Waals surface area contributed by atoms with Crippen LogP contribution in [-0.2, 0) is 11.3 Å². The summed E-state index contributed by atoms with van der Waals surface area (Å²) in [7, 11) is 3.61. The first-order chi connectivity index (χ1) is 12.5. The van der Waals surface area contributed by atoms with Crippen molar-refractivity contribution >= 4 is 38.3 Å². The van der Waals surface area contributed by atoms with Crippen LogP contribution in [0.4, 0.5) is 5.69 Å². The SMILES string of the molecule is COc1ccc2cc(CN(C)CC(=O)Nc3ccccc3Br)ccc2c1. The van der Waals surface area contributed by atoms with Gasteiger partial charge in [0.15, 0.2) is 0 Å². The van der Waals surface area contributed by atoms with Gasteiger partial charge in [-0.05, 0) is 69.6 Å². The molecule has 0 aromatic heterocycles. The molecule has 0 heterocycles. The van der Waals surface area contributed by atoms with Crippen LogP contribution < -0.4 is 10.1 Å². The molecule has 3 aromatic rings. The van der Waals surface area contributed by atoms with Crippen LogP contribution in [0.15, 0.2) is 65.1 Å². The fourth-order valence-electron chi connectivity index (χ4n) is 2.86. The van der Waals surface area contributed by atoms with Crippen molar-refractivity contribution in [3.63, 3.8) is 0 Å². The lowest BCUT2D eigenvalue weighted by Crippen LogP contribution is -2.29. The zero-order valence-corrected chi connectivity index (χ0v) is 16.4. The van der Waals surface area contributed by atoms with Crippen LogP contribution in [0.25, 0.3) is 10.8 Å². The van der Waals surface area contributed by atoms with Crippen molar-refractivity contribution in [3.05, 3.63) is 70.7 Å². The second-order valence-corrected chi connectivity index (χ2v) is 7.10. The Kier molecular flexibility index (Phi) is 5.91. The number of hydrogen-bond acceptors (Lipinski definition) is 3. The molecule has 3 rings (SSSR count). The predicted molar refractivity (Wildman–Crippen MR) is 110 cm³/mol. The molecular formula is C21H21BrN2O2. The maximum absolute atomic E-state index is 12.3. The summed E-state index contributed by atoms with van der Waals surface area (Å²) in [5.41, 5.74) is 1.95. The Bertz CT molecular complexity index is 927. The minimum Gasteiger partial charge on any atom is -0.497 e. The Hall–Kier alpha value is -2.37. The predicted octanol–water partition coefficient (Wildman–Crippen LogP) is 4.68. The van der Waals surface area contributed by atoms with E-state index < -0.39 is 0 Å². The molecule has 0 fully saturated rings. The molecule has 0 atom stereocenters. The molecule has 3 aromatic carbocycles. The summed E-state index contributed by atoms with van der Waals surface area (Å²) in [4.78, 5) is 14.3. The molecule has 5 heteroatoms. The number of hydrogen-bond donors (Lipinski definition) is 1. The maximum Gasteiger partial charge on any atom is 0.238 e. The summed E-state index contributed by atoms with van der Waals surface area (Å²) in [6, 6.07) is 20.0. The van der Waals surface area contributed by atoms with E-state index in [9.17, 15) is 4.79 Å². The zero-order valence-electron chi connectivity index (χ0n) is 14.8. The molecule has 1 amide bonds. The van der Waals surface area contributed by atoms with E-state index in [1.54, 1.807) is 7.11 Å². The number of nitrogens with one attached hydrogen (secondary N) is 1. The molecule has 0 radical (unpaired) electrons. The Morgan fingerprint density at radius 3 is 2.58 bits per heavy atom. The van der Waals surface area contributed by atoms with Crippen molar-refractivity contribution < 1.29 is 9.53 Å². The number of likely N-dealkylation sites (N-methyl/N-ethyl adjacent to an activating group) is 1. The third-order valence-corrected chi connectivity index (χ3v) is 4.82. The largest absolute Gasteiger partial charge is 0.497 e. The normalized spacial score (nSPS) is 10.9. The van der Waals surface area contributed by atoms with Crippen molar-refractivity contribution in [1.29, 1.82) is 0 Å². The number of halogens is 1. The zero-order chi connectivity index (χ0) is 18.5. The molecule has 0 spiro atoms. The third kappa shape index (κ3) is 4.62. The quantitative estimate of drug-likeness (QED) is 0.638. The average Bonchev–Trinajstić information content (AvgIpc) is 2.63. The van der Waals surface area contributed by atoms with Gasteiger partial charge in [-0.1, -0.05) is 30.3 Å². The number of fused-ring (bicyclic) bond motifs is 1. The minimum absolute atomic E-state index is 0.0371. The van der Waals surface area contributed by atoms with E-state index in [1.165, 1.54) is 5.56 Å². The van der Waals surface area contributed by atoms with Crippen LogP contribution in [0.2, 0.25) is 0 Å². The molecular weight excluding hydrogens is 392 g/mol. The summed E-state index contributed by atoms with van der Waals surface area (Å²) in [6.07, 6.45) is 0. The summed E-state index contributed by atoms with van der Waals surface area (Å²) < 4.78 is 6.14. The molecule has 134 valence electrons. The van der Waals surface area contributed by atoms with Crippen LogP contribution in [0.5, 0.6) is 5.75 Å². The van der Waals surface area contributed by atoms with E-state index in [0.717, 1.165) is 26.7 Å². The van der Waals surface area contributed by atoms with Crippen LogP contribution >= 0.6 is 15.9 Å². The average molecular weight is 413 g/mol. The van der Waals surface area contributed by atoms with Crippen LogP contribution in [0.1, 0.15) is 5.56 Å². The summed E-state index contributed by atoms with van der Waals surface area (Å²) in [6.45, 7) is 1.02. The second kappa shape index (κ2) is 8.34. The van der Waals surface area contributed by atoms with E-state index in [1.807, 2.05) is 48.3 Å². The summed E-state index contributed by atoms with van der Waals surface area (Å²) in [5, 5.41) is 5.23. The van der Waals surface area contributed by atoms with Gasteiger partial charge < -0.3 is 10.1 Å². The minimum atomic E-state index is -0.0371. The number of carbonyl (C=O) groups excluding carboxylic acids is 1. The third-order valence-electron chi connectivity index (χ3n) is 4.13. The smallest absolute Gasteiger partial charge is 0.238 e. The highest BCUT2D eigenvalue weighted by molar-refractivity contribution is 9.10. The number of para-hydroxylation sites is 1. The molecule has 0 unspecified atom stereocenters. The Morgan fingerprint density at radius 1 is 1.08 bits per heavy atom. The molecule has 0 bridgehead atoms. The number of carbonyl (C=O) groups is 1. The monoisotopic (exact) mass is 412 g/mol. The summed E-state index contributed by atoms with van der Waals surface area (Å²) >= 11 is 3.44. The maximum atomic E-state index is 12.3. The fourth-order valence-corrected chi connectivity index (χ4v) is 3.25. The van der Waals surface area contributed by atoms with E-state index in [2.05, 4.69) is 45.5 Å². The highest BCUT2D eigenvalue weighted by atomic mass is 79.9. The number of methoxy groups -OCH3 is 1. The van der Waals surface area contributed by atoms with E-state index in [4.69, 9.17) is 4.74 Å². The first-order valence-electron chi connectivity index (χ1n) is 8.35. The standard InChI is InChI=1S/C21H21BrN2O2/c1-24(14-21(25)23-20-6-4-3-5-19(20)22)13-15-7-8-17-12-18(26-2)10-9-16(17)11-15/h3-12H,13-14H2,1-2H3,(H,23,25). The lowest BCUT2D eigenvalue weighted by Gasteiger charge is -2.17. The van der Waals surface area contributed by atoms with E-state index in [-0.39, 0.29) is 5.91 Å². The van der Waals surface area contributed by atoms with Gasteiger partial charge in [0.25, 0.3) is 0 Å². The molecule has 0 saturated carbocycles. The first-order valence-corrected chi connectivity index (χ1v) is 9.14. The van der Waals surface area contributed by atoms with Crippen LogP contribution in [0.3, 0.4) is 0 Å². The van der Waals surface area contributed by atoms with Crippen LogP contribution in [0, 0.1) is 0 Å². The van der Waals surface area contributed by atoms with Crippen molar-refractivity contribution in [3.8, 4) is 5.75 Å². The number of ether oxygens (including phenoxy) is 1. The van der Waals surface area contributed by atoms with Crippen LogP contribution in [-0.4, -0.2) is 31.5 Å². The van der Waals surface area contributed by atoms with Gasteiger partial charge in [-0.2, -0.15) is 0 Å². The van der Waals surface area contributed by atoms with Gasteiger partial charge in [-0.3, -0.25) is 9.69 Å². The van der Waals surface area contributed by atoms with Gasteiger partial charge in [-0.15, -0.1) is 0 Å². The highest BCUT2D eigenvalue weighted by Crippen LogP contribution is 2.23. The lowest BCUT2D eigenvalue weighted by atomic mass is 10.1. The van der Waals surface area contributed by atoms with Gasteiger partial charge in [0.1, 0.15) is 5.75 Å². The molecule has 4 nitrogen and oxygen atoms in total. The fraction of sp³-hybridized carbons (Fsp3) is 0.190. The van der Waals surface area contributed by atoms with E-state index in [0.29, 0.717) is 13.1 Å². The Labute approximate surface area is 161 Å². The number of rotatable bonds is 6. The highest BCUT2D eigenvalue weighted by Gasteiger charge is 2.09. The van der Waals surface area contributed by atoms with Crippen molar-refractivity contribution in [2.45, 2.75) is 6.54 Å². The Morgan fingerprint density at radius 2 is 1.81 bits per heavy atom. The van der Waals surface area contributed by atoms with E-state index >= 15 is 0 Å². The summed E-state index contributed by atoms with van der Waals surface area (Å²) in [5.74, 6) is 0.816. The Balaban J connectivity index is 1.62.